The summed E-state index contributed by atoms with van der Waals surface area (Å²) in [6.07, 6.45) is 2.31. The Morgan fingerprint density at radius 1 is 1.38 bits per heavy atom. The Balaban J connectivity index is 2.95. The largest absolute Gasteiger partial charge is 0.411 e. The minimum Gasteiger partial charge on any atom is -0.411 e. The van der Waals surface area contributed by atoms with Crippen molar-refractivity contribution >= 4 is 5.71 Å². The van der Waals surface area contributed by atoms with Crippen molar-refractivity contribution in [2.75, 3.05) is 0 Å². The topological polar surface area (TPSA) is 56.1 Å². The fraction of sp³-hybridized carbons (Fsp3) is 0.778. The molecule has 0 atom stereocenters. The predicted molar refractivity (Wildman–Crippen MR) is 49.9 cm³/mol. The lowest BCUT2D eigenvalue weighted by Gasteiger charge is -2.48. The van der Waals surface area contributed by atoms with E-state index in [2.05, 4.69) is 5.16 Å². The van der Waals surface area contributed by atoms with Gasteiger partial charge in [0.1, 0.15) is 0 Å². The van der Waals surface area contributed by atoms with Gasteiger partial charge in [-0.15, -0.1) is 0 Å². The van der Waals surface area contributed by atoms with Gasteiger partial charge in [0.15, 0.2) is 0 Å². The number of hydroxylamine groups is 2. The van der Waals surface area contributed by atoms with Crippen molar-refractivity contribution in [3.05, 3.63) is 6.42 Å². The molecule has 0 aromatic rings. The smallest absolute Gasteiger partial charge is 0.0647 e. The lowest BCUT2D eigenvalue weighted by atomic mass is 9.81. The van der Waals surface area contributed by atoms with E-state index < -0.39 is 5.54 Å². The minimum atomic E-state index is -0.483. The molecule has 0 spiro atoms. The Labute approximate surface area is 78.8 Å². The molecular weight excluding hydrogens is 168 g/mol. The molecule has 0 unspecified atom stereocenters. The second kappa shape index (κ2) is 2.96. The molecule has 2 N–H and O–H groups in total. The molecule has 0 bridgehead atoms. The quantitative estimate of drug-likeness (QED) is 0.446. The second-order valence-electron chi connectivity index (χ2n) is 4.69. The van der Waals surface area contributed by atoms with Gasteiger partial charge in [0.05, 0.1) is 5.71 Å². The van der Waals surface area contributed by atoms with Crippen molar-refractivity contribution in [2.24, 2.45) is 5.16 Å². The van der Waals surface area contributed by atoms with Crippen LogP contribution in [0.15, 0.2) is 5.16 Å². The predicted octanol–water partition coefficient (Wildman–Crippen LogP) is 1.67. The van der Waals surface area contributed by atoms with E-state index in [4.69, 9.17) is 5.21 Å². The first kappa shape index (κ1) is 10.5. The molecule has 1 fully saturated rings. The van der Waals surface area contributed by atoms with Crippen LogP contribution in [0.5, 0.6) is 0 Å². The van der Waals surface area contributed by atoms with Gasteiger partial charge >= 0.3 is 0 Å². The molecular formula is C9H17N2O2. The molecule has 1 aliphatic heterocycles. The van der Waals surface area contributed by atoms with Gasteiger partial charge in [0.25, 0.3) is 0 Å². The highest BCUT2D eigenvalue weighted by Gasteiger charge is 2.44. The zero-order chi connectivity index (χ0) is 10.3. The number of oxime groups is 1. The second-order valence-corrected chi connectivity index (χ2v) is 4.69. The van der Waals surface area contributed by atoms with Crippen LogP contribution in [0, 0.1) is 6.42 Å². The van der Waals surface area contributed by atoms with E-state index >= 15 is 0 Å². The van der Waals surface area contributed by atoms with Crippen molar-refractivity contribution < 1.29 is 10.4 Å². The molecule has 4 heteroatoms. The van der Waals surface area contributed by atoms with E-state index in [9.17, 15) is 5.21 Å². The van der Waals surface area contributed by atoms with Crippen molar-refractivity contribution in [1.82, 2.24) is 5.06 Å². The van der Waals surface area contributed by atoms with Crippen LogP contribution in [0.1, 0.15) is 34.1 Å². The molecule has 0 aliphatic carbocycles. The van der Waals surface area contributed by atoms with Crippen molar-refractivity contribution in [1.29, 1.82) is 0 Å². The summed E-state index contributed by atoms with van der Waals surface area (Å²) in [7, 11) is 0. The van der Waals surface area contributed by atoms with Crippen LogP contribution in [0.4, 0.5) is 0 Å². The average molecular weight is 185 g/mol. The number of hydrogen-bond donors (Lipinski definition) is 2. The van der Waals surface area contributed by atoms with Crippen molar-refractivity contribution in [2.45, 2.75) is 45.2 Å². The summed E-state index contributed by atoms with van der Waals surface area (Å²) < 4.78 is 0. The summed E-state index contributed by atoms with van der Waals surface area (Å²) in [5.41, 5.74) is -0.247. The van der Waals surface area contributed by atoms with Crippen molar-refractivity contribution in [3.8, 4) is 0 Å². The first-order valence-corrected chi connectivity index (χ1v) is 4.36. The SMILES string of the molecule is CC1(C)[CH]C(=NO)CC(C)(C)N1O. The van der Waals surface area contributed by atoms with E-state index in [1.807, 2.05) is 27.7 Å². The van der Waals surface area contributed by atoms with Gasteiger partial charge in [-0.1, -0.05) is 5.16 Å². The molecule has 0 saturated carbocycles. The van der Waals surface area contributed by atoms with Crippen LogP contribution in [0.2, 0.25) is 0 Å². The Bertz CT molecular complexity index is 214. The van der Waals surface area contributed by atoms with Crippen LogP contribution in [0.25, 0.3) is 0 Å². The zero-order valence-corrected chi connectivity index (χ0v) is 8.57. The summed E-state index contributed by atoms with van der Waals surface area (Å²) in [5, 5.41) is 23.0. The summed E-state index contributed by atoms with van der Waals surface area (Å²) in [5.74, 6) is 0. The Kier molecular flexibility index (Phi) is 2.38. The van der Waals surface area contributed by atoms with E-state index in [-0.39, 0.29) is 5.54 Å². The summed E-state index contributed by atoms with van der Waals surface area (Å²) >= 11 is 0. The summed E-state index contributed by atoms with van der Waals surface area (Å²) in [6, 6.07) is 0. The van der Waals surface area contributed by atoms with Crippen LogP contribution in [-0.4, -0.2) is 32.3 Å². The summed E-state index contributed by atoms with van der Waals surface area (Å²) in [6.45, 7) is 7.57. The van der Waals surface area contributed by atoms with E-state index in [0.29, 0.717) is 12.1 Å². The van der Waals surface area contributed by atoms with Crippen molar-refractivity contribution in [3.63, 3.8) is 0 Å². The van der Waals surface area contributed by atoms with Gasteiger partial charge in [0, 0.05) is 23.9 Å². The lowest BCUT2D eigenvalue weighted by molar-refractivity contribution is -0.215. The fourth-order valence-corrected chi connectivity index (χ4v) is 1.88. The Morgan fingerprint density at radius 2 is 1.92 bits per heavy atom. The monoisotopic (exact) mass is 185 g/mol. The van der Waals surface area contributed by atoms with Crippen LogP contribution in [0.3, 0.4) is 0 Å². The molecule has 75 valence electrons. The summed E-state index contributed by atoms with van der Waals surface area (Å²) in [4.78, 5) is 0. The van der Waals surface area contributed by atoms with Gasteiger partial charge in [-0.3, -0.25) is 0 Å². The molecule has 1 saturated heterocycles. The Morgan fingerprint density at radius 3 is 2.31 bits per heavy atom. The van der Waals surface area contributed by atoms with E-state index in [1.54, 1.807) is 6.42 Å². The van der Waals surface area contributed by atoms with Gasteiger partial charge in [-0.25, -0.2) is 0 Å². The molecule has 13 heavy (non-hydrogen) atoms. The maximum absolute atomic E-state index is 9.84. The highest BCUT2D eigenvalue weighted by atomic mass is 16.5. The molecule has 1 radical (unpaired) electrons. The first-order chi connectivity index (χ1) is 5.79. The van der Waals surface area contributed by atoms with E-state index in [1.165, 1.54) is 5.06 Å². The van der Waals surface area contributed by atoms with Crippen LogP contribution >= 0.6 is 0 Å². The van der Waals surface area contributed by atoms with Gasteiger partial charge in [-0.05, 0) is 27.7 Å². The van der Waals surface area contributed by atoms with Crippen LogP contribution in [-0.2, 0) is 0 Å². The molecule has 0 aromatic carbocycles. The lowest BCUT2D eigenvalue weighted by Crippen LogP contribution is -2.59. The highest BCUT2D eigenvalue weighted by molar-refractivity contribution is 5.95. The first-order valence-electron chi connectivity index (χ1n) is 4.36. The molecule has 1 aliphatic rings. The molecule has 0 aromatic heterocycles. The fourth-order valence-electron chi connectivity index (χ4n) is 1.88. The molecule has 1 rings (SSSR count). The van der Waals surface area contributed by atoms with Crippen LogP contribution < -0.4 is 0 Å². The van der Waals surface area contributed by atoms with Gasteiger partial charge in [-0.2, -0.15) is 5.06 Å². The number of nitrogens with zero attached hydrogens (tertiary/aromatic N) is 2. The Hall–Kier alpha value is -0.610. The highest BCUT2D eigenvalue weighted by Crippen LogP contribution is 2.34. The third-order valence-electron chi connectivity index (χ3n) is 2.38. The number of rotatable bonds is 0. The third kappa shape index (κ3) is 1.84. The van der Waals surface area contributed by atoms with Gasteiger partial charge < -0.3 is 10.4 Å². The standard InChI is InChI=1S/C9H17N2O2/c1-8(2)5-7(10-12)6-9(3,4)11(8)13/h5,12-13H,6H2,1-4H3. The molecule has 0 amide bonds. The molecule has 1 heterocycles. The maximum Gasteiger partial charge on any atom is 0.0647 e. The number of piperidine rings is 1. The van der Waals surface area contributed by atoms with E-state index in [0.717, 1.165) is 0 Å². The zero-order valence-electron chi connectivity index (χ0n) is 8.57. The third-order valence-corrected chi connectivity index (χ3v) is 2.38. The maximum atomic E-state index is 9.84. The normalized spacial score (nSPS) is 30.7. The average Bonchev–Trinajstić information content (AvgIpc) is 1.99. The number of hydrogen-bond acceptors (Lipinski definition) is 4. The minimum absolute atomic E-state index is 0.389. The van der Waals surface area contributed by atoms with Gasteiger partial charge in [0.2, 0.25) is 0 Å². The molecule has 4 nitrogen and oxygen atoms in total.